The molecule has 0 bridgehead atoms. The number of likely N-dealkylation sites (tertiary alicyclic amines) is 1. The van der Waals surface area contributed by atoms with Gasteiger partial charge in [0.15, 0.2) is 0 Å². The summed E-state index contributed by atoms with van der Waals surface area (Å²) in [7, 11) is 0. The van der Waals surface area contributed by atoms with E-state index in [4.69, 9.17) is 0 Å². The van der Waals surface area contributed by atoms with Crippen LogP contribution in [-0.4, -0.2) is 47.6 Å². The topological polar surface area (TPSA) is 15.3 Å². The van der Waals surface area contributed by atoms with E-state index in [-0.39, 0.29) is 0 Å². The molecule has 0 aromatic heterocycles. The van der Waals surface area contributed by atoms with Crippen molar-refractivity contribution in [2.24, 2.45) is 0 Å². The standard InChI is InChI=1S/C13H24N2S/c1-2-12(14-11-3-4-11)10-15(7-1)13-5-8-16-9-6-13/h11-14H,1-10H2. The summed E-state index contributed by atoms with van der Waals surface area (Å²) in [6, 6.07) is 2.59. The zero-order valence-electron chi connectivity index (χ0n) is 10.2. The first-order chi connectivity index (χ1) is 7.92. The highest BCUT2D eigenvalue weighted by Gasteiger charge is 2.30. The van der Waals surface area contributed by atoms with Crippen molar-refractivity contribution < 1.29 is 0 Å². The van der Waals surface area contributed by atoms with Crippen LogP contribution in [0.4, 0.5) is 0 Å². The summed E-state index contributed by atoms with van der Waals surface area (Å²) in [5, 5.41) is 3.81. The molecule has 2 heterocycles. The maximum atomic E-state index is 3.81. The number of thioether (sulfide) groups is 1. The third kappa shape index (κ3) is 2.93. The molecule has 2 saturated heterocycles. The van der Waals surface area contributed by atoms with Crippen LogP contribution in [0.25, 0.3) is 0 Å². The van der Waals surface area contributed by atoms with E-state index in [2.05, 4.69) is 22.0 Å². The quantitative estimate of drug-likeness (QED) is 0.813. The lowest BCUT2D eigenvalue weighted by molar-refractivity contribution is 0.129. The molecule has 0 radical (unpaired) electrons. The summed E-state index contributed by atoms with van der Waals surface area (Å²) >= 11 is 2.14. The molecule has 92 valence electrons. The van der Waals surface area contributed by atoms with Gasteiger partial charge in [0.25, 0.3) is 0 Å². The van der Waals surface area contributed by atoms with Gasteiger partial charge in [-0.05, 0) is 56.6 Å². The minimum Gasteiger partial charge on any atom is -0.310 e. The van der Waals surface area contributed by atoms with Gasteiger partial charge in [-0.1, -0.05) is 0 Å². The van der Waals surface area contributed by atoms with Crippen LogP contribution in [0.2, 0.25) is 0 Å². The molecule has 1 unspecified atom stereocenters. The number of hydrogen-bond donors (Lipinski definition) is 1. The van der Waals surface area contributed by atoms with Crippen molar-refractivity contribution >= 4 is 11.8 Å². The molecule has 1 saturated carbocycles. The van der Waals surface area contributed by atoms with E-state index in [0.29, 0.717) is 0 Å². The molecule has 3 heteroatoms. The average Bonchev–Trinajstić information content (AvgIpc) is 3.15. The van der Waals surface area contributed by atoms with Gasteiger partial charge >= 0.3 is 0 Å². The van der Waals surface area contributed by atoms with Crippen molar-refractivity contribution in [1.82, 2.24) is 10.2 Å². The van der Waals surface area contributed by atoms with E-state index in [0.717, 1.165) is 18.1 Å². The lowest BCUT2D eigenvalue weighted by Crippen LogP contribution is -2.50. The van der Waals surface area contributed by atoms with E-state index in [1.54, 1.807) is 0 Å². The Bertz CT molecular complexity index is 224. The maximum Gasteiger partial charge on any atom is 0.0198 e. The molecule has 0 aromatic carbocycles. The zero-order chi connectivity index (χ0) is 10.8. The van der Waals surface area contributed by atoms with Crippen LogP contribution >= 0.6 is 11.8 Å². The number of rotatable bonds is 3. The molecule has 3 fully saturated rings. The molecule has 2 aliphatic heterocycles. The van der Waals surface area contributed by atoms with Crippen LogP contribution < -0.4 is 5.32 Å². The molecular weight excluding hydrogens is 216 g/mol. The van der Waals surface area contributed by atoms with Crippen molar-refractivity contribution in [2.45, 2.75) is 56.7 Å². The van der Waals surface area contributed by atoms with Gasteiger partial charge in [-0.25, -0.2) is 0 Å². The summed E-state index contributed by atoms with van der Waals surface area (Å²) < 4.78 is 0. The largest absolute Gasteiger partial charge is 0.310 e. The van der Waals surface area contributed by atoms with Gasteiger partial charge < -0.3 is 5.32 Å². The van der Waals surface area contributed by atoms with Crippen LogP contribution in [0.3, 0.4) is 0 Å². The molecule has 0 spiro atoms. The summed E-state index contributed by atoms with van der Waals surface area (Å²) in [4.78, 5) is 2.78. The van der Waals surface area contributed by atoms with Crippen LogP contribution in [-0.2, 0) is 0 Å². The molecule has 2 nitrogen and oxygen atoms in total. The fourth-order valence-electron chi connectivity index (χ4n) is 3.11. The fraction of sp³-hybridized carbons (Fsp3) is 1.00. The van der Waals surface area contributed by atoms with Crippen LogP contribution in [0.1, 0.15) is 38.5 Å². The molecule has 1 N–H and O–H groups in total. The number of hydrogen-bond acceptors (Lipinski definition) is 3. The van der Waals surface area contributed by atoms with Crippen molar-refractivity contribution in [2.75, 3.05) is 24.6 Å². The molecule has 3 rings (SSSR count). The van der Waals surface area contributed by atoms with Gasteiger partial charge in [-0.15, -0.1) is 0 Å². The Labute approximate surface area is 104 Å². The first-order valence-corrected chi connectivity index (χ1v) is 8.15. The lowest BCUT2D eigenvalue weighted by Gasteiger charge is -2.40. The average molecular weight is 240 g/mol. The molecule has 0 aromatic rings. The van der Waals surface area contributed by atoms with Crippen molar-refractivity contribution in [3.05, 3.63) is 0 Å². The summed E-state index contributed by atoms with van der Waals surface area (Å²) in [5.41, 5.74) is 0. The van der Waals surface area contributed by atoms with Gasteiger partial charge in [0.1, 0.15) is 0 Å². The second-order valence-corrected chi connectivity index (χ2v) is 6.84. The zero-order valence-corrected chi connectivity index (χ0v) is 11.0. The van der Waals surface area contributed by atoms with E-state index >= 15 is 0 Å². The van der Waals surface area contributed by atoms with E-state index < -0.39 is 0 Å². The molecule has 0 amide bonds. The molecule has 1 aliphatic carbocycles. The van der Waals surface area contributed by atoms with Gasteiger partial charge in [0.2, 0.25) is 0 Å². The minimum atomic E-state index is 0.802. The normalized spacial score (nSPS) is 34.1. The van der Waals surface area contributed by atoms with Crippen molar-refractivity contribution in [1.29, 1.82) is 0 Å². The van der Waals surface area contributed by atoms with Gasteiger partial charge in [-0.3, -0.25) is 4.90 Å². The van der Waals surface area contributed by atoms with Crippen molar-refractivity contribution in [3.63, 3.8) is 0 Å². The highest BCUT2D eigenvalue weighted by molar-refractivity contribution is 7.99. The van der Waals surface area contributed by atoms with E-state index in [1.807, 2.05) is 0 Å². The Morgan fingerprint density at radius 1 is 0.938 bits per heavy atom. The Balaban J connectivity index is 1.49. The number of nitrogens with zero attached hydrogens (tertiary/aromatic N) is 1. The second-order valence-electron chi connectivity index (χ2n) is 5.62. The van der Waals surface area contributed by atoms with Gasteiger partial charge in [-0.2, -0.15) is 11.8 Å². The number of piperidine rings is 1. The van der Waals surface area contributed by atoms with Crippen molar-refractivity contribution in [3.8, 4) is 0 Å². The second kappa shape index (κ2) is 5.28. The first kappa shape index (κ1) is 11.4. The number of nitrogens with one attached hydrogen (secondary N) is 1. The van der Waals surface area contributed by atoms with E-state index in [1.165, 1.54) is 63.1 Å². The van der Waals surface area contributed by atoms with Crippen LogP contribution in [0, 0.1) is 0 Å². The Morgan fingerprint density at radius 3 is 2.50 bits per heavy atom. The SMILES string of the molecule is C1CC(NC2CC2)CN(C2CCSCC2)C1. The van der Waals surface area contributed by atoms with Crippen LogP contribution in [0.15, 0.2) is 0 Å². The molecular formula is C13H24N2S. The maximum absolute atomic E-state index is 3.81. The van der Waals surface area contributed by atoms with Crippen LogP contribution in [0.5, 0.6) is 0 Å². The highest BCUT2D eigenvalue weighted by atomic mass is 32.2. The van der Waals surface area contributed by atoms with E-state index in [9.17, 15) is 0 Å². The predicted octanol–water partition coefficient (Wildman–Crippen LogP) is 2.10. The molecule has 3 aliphatic rings. The summed E-state index contributed by atoms with van der Waals surface area (Å²) in [6.45, 7) is 2.68. The summed E-state index contributed by atoms with van der Waals surface area (Å²) in [5.74, 6) is 2.78. The fourth-order valence-corrected chi connectivity index (χ4v) is 4.19. The predicted molar refractivity (Wildman–Crippen MR) is 71.1 cm³/mol. The highest BCUT2D eigenvalue weighted by Crippen LogP contribution is 2.26. The van der Waals surface area contributed by atoms with Gasteiger partial charge in [0, 0.05) is 24.7 Å². The third-order valence-corrected chi connectivity index (χ3v) is 5.26. The Morgan fingerprint density at radius 2 is 1.75 bits per heavy atom. The van der Waals surface area contributed by atoms with Gasteiger partial charge in [0.05, 0.1) is 0 Å². The third-order valence-electron chi connectivity index (χ3n) is 4.21. The lowest BCUT2D eigenvalue weighted by atomic mass is 10.0. The Hall–Kier alpha value is 0.270. The molecule has 1 atom stereocenters. The smallest absolute Gasteiger partial charge is 0.0198 e. The first-order valence-electron chi connectivity index (χ1n) is 6.99. The Kier molecular flexibility index (Phi) is 3.75. The monoisotopic (exact) mass is 240 g/mol. The minimum absolute atomic E-state index is 0.802. The molecule has 16 heavy (non-hydrogen) atoms. The summed E-state index contributed by atoms with van der Waals surface area (Å²) in [6.07, 6.45) is 8.54.